The second-order valence-electron chi connectivity index (χ2n) is 3.62. The zero-order chi connectivity index (χ0) is 10.4. The van der Waals surface area contributed by atoms with E-state index in [0.29, 0.717) is 12.4 Å². The Hall–Kier alpha value is -1.06. The minimum Gasteiger partial charge on any atom is -0.481 e. The average Bonchev–Trinajstić information content (AvgIpc) is 1.98. The first-order valence-electron chi connectivity index (χ1n) is 4.45. The van der Waals surface area contributed by atoms with Crippen molar-refractivity contribution in [3.63, 3.8) is 0 Å². The first kappa shape index (κ1) is 11.9. The largest absolute Gasteiger partial charge is 0.481 e. The van der Waals surface area contributed by atoms with E-state index in [1.165, 1.54) is 0 Å². The van der Waals surface area contributed by atoms with Crippen molar-refractivity contribution in [1.29, 1.82) is 0 Å². The van der Waals surface area contributed by atoms with Gasteiger partial charge in [0, 0.05) is 18.9 Å². The lowest BCUT2D eigenvalue weighted by Gasteiger charge is -2.07. The molecule has 3 N–H and O–H groups in total. The SMILES string of the molecule is CC(CN=C(N)C(C)C)CC(=O)O. The average molecular weight is 186 g/mol. The molecular weight excluding hydrogens is 168 g/mol. The number of carbonyl (C=O) groups is 1. The third-order valence-corrected chi connectivity index (χ3v) is 1.70. The van der Waals surface area contributed by atoms with Crippen LogP contribution in [0, 0.1) is 11.8 Å². The highest BCUT2D eigenvalue weighted by molar-refractivity contribution is 5.82. The molecule has 0 saturated carbocycles. The maximum atomic E-state index is 10.3. The van der Waals surface area contributed by atoms with Crippen molar-refractivity contribution in [1.82, 2.24) is 0 Å². The van der Waals surface area contributed by atoms with Gasteiger partial charge in [0.05, 0.1) is 5.84 Å². The predicted octanol–water partition coefficient (Wildman–Crippen LogP) is 1.11. The number of amidine groups is 1. The fourth-order valence-electron chi connectivity index (χ4n) is 0.806. The topological polar surface area (TPSA) is 75.7 Å². The maximum Gasteiger partial charge on any atom is 0.303 e. The van der Waals surface area contributed by atoms with Crippen molar-refractivity contribution in [2.75, 3.05) is 6.54 Å². The third kappa shape index (κ3) is 6.13. The Morgan fingerprint density at radius 2 is 2.00 bits per heavy atom. The standard InChI is InChI=1S/C9H18N2O2/c1-6(2)9(10)11-5-7(3)4-8(12)13/h6-7H,4-5H2,1-3H3,(H2,10,11)(H,12,13). The van der Waals surface area contributed by atoms with Gasteiger partial charge in [-0.1, -0.05) is 20.8 Å². The van der Waals surface area contributed by atoms with Gasteiger partial charge in [-0.3, -0.25) is 9.79 Å². The molecule has 4 heteroatoms. The molecule has 0 radical (unpaired) electrons. The van der Waals surface area contributed by atoms with Crippen LogP contribution in [0.1, 0.15) is 27.2 Å². The zero-order valence-electron chi connectivity index (χ0n) is 8.45. The molecule has 0 rings (SSSR count). The number of hydrogen-bond acceptors (Lipinski definition) is 2. The number of nitrogens with two attached hydrogens (primary N) is 1. The molecule has 1 unspecified atom stereocenters. The highest BCUT2D eigenvalue weighted by Crippen LogP contribution is 2.02. The first-order chi connectivity index (χ1) is 5.93. The molecule has 0 aromatic carbocycles. The molecule has 0 bridgehead atoms. The number of hydrogen-bond donors (Lipinski definition) is 2. The molecule has 0 aromatic heterocycles. The van der Waals surface area contributed by atoms with Crippen LogP contribution in [0.3, 0.4) is 0 Å². The van der Waals surface area contributed by atoms with Crippen molar-refractivity contribution in [2.45, 2.75) is 27.2 Å². The molecule has 0 spiro atoms. The summed E-state index contributed by atoms with van der Waals surface area (Å²) in [5, 5.41) is 8.48. The fourth-order valence-corrected chi connectivity index (χ4v) is 0.806. The molecule has 0 aliphatic rings. The van der Waals surface area contributed by atoms with Gasteiger partial charge >= 0.3 is 5.97 Å². The molecule has 0 aliphatic carbocycles. The smallest absolute Gasteiger partial charge is 0.303 e. The van der Waals surface area contributed by atoms with Crippen LogP contribution in [0.2, 0.25) is 0 Å². The van der Waals surface area contributed by atoms with Gasteiger partial charge in [-0.05, 0) is 5.92 Å². The molecule has 76 valence electrons. The Morgan fingerprint density at radius 1 is 1.46 bits per heavy atom. The summed E-state index contributed by atoms with van der Waals surface area (Å²) in [6.45, 7) is 6.27. The Labute approximate surface area is 78.8 Å². The van der Waals surface area contributed by atoms with Gasteiger partial charge in [0.1, 0.15) is 0 Å². The molecule has 1 atom stereocenters. The highest BCUT2D eigenvalue weighted by Gasteiger charge is 2.07. The van der Waals surface area contributed by atoms with E-state index in [1.54, 1.807) is 0 Å². The van der Waals surface area contributed by atoms with Crippen molar-refractivity contribution < 1.29 is 9.90 Å². The van der Waals surface area contributed by atoms with E-state index in [1.807, 2.05) is 20.8 Å². The Morgan fingerprint density at radius 3 is 2.38 bits per heavy atom. The summed E-state index contributed by atoms with van der Waals surface area (Å²) in [6.07, 6.45) is 0.148. The summed E-state index contributed by atoms with van der Waals surface area (Å²) in [6, 6.07) is 0. The molecule has 0 fully saturated rings. The summed E-state index contributed by atoms with van der Waals surface area (Å²) in [7, 11) is 0. The molecular formula is C9H18N2O2. The van der Waals surface area contributed by atoms with Crippen LogP contribution in [0.5, 0.6) is 0 Å². The number of carboxylic acid groups (broad SMARTS) is 1. The second kappa shape index (κ2) is 5.56. The molecule has 4 nitrogen and oxygen atoms in total. The summed E-state index contributed by atoms with van der Waals surface area (Å²) in [4.78, 5) is 14.4. The van der Waals surface area contributed by atoms with E-state index >= 15 is 0 Å². The maximum absolute atomic E-state index is 10.3. The van der Waals surface area contributed by atoms with Crippen LogP contribution in [-0.2, 0) is 4.79 Å². The first-order valence-corrected chi connectivity index (χ1v) is 4.45. The Kier molecular flexibility index (Phi) is 5.11. The van der Waals surface area contributed by atoms with Crippen LogP contribution >= 0.6 is 0 Å². The zero-order valence-corrected chi connectivity index (χ0v) is 8.45. The van der Waals surface area contributed by atoms with E-state index in [9.17, 15) is 4.79 Å². The van der Waals surface area contributed by atoms with Gasteiger partial charge in [-0.25, -0.2) is 0 Å². The number of rotatable bonds is 5. The number of aliphatic imine (C=N–C) groups is 1. The number of carboxylic acids is 1. The van der Waals surface area contributed by atoms with Crippen molar-refractivity contribution >= 4 is 11.8 Å². The molecule has 0 amide bonds. The van der Waals surface area contributed by atoms with E-state index in [0.717, 1.165) is 0 Å². The predicted molar refractivity (Wildman–Crippen MR) is 52.7 cm³/mol. The van der Waals surface area contributed by atoms with Gasteiger partial charge < -0.3 is 10.8 Å². The van der Waals surface area contributed by atoms with Crippen LogP contribution < -0.4 is 5.73 Å². The van der Waals surface area contributed by atoms with Crippen LogP contribution in [-0.4, -0.2) is 23.5 Å². The van der Waals surface area contributed by atoms with Crippen molar-refractivity contribution in [2.24, 2.45) is 22.6 Å². The van der Waals surface area contributed by atoms with Gasteiger partial charge in [-0.2, -0.15) is 0 Å². The van der Waals surface area contributed by atoms with Gasteiger partial charge in [-0.15, -0.1) is 0 Å². The summed E-state index contributed by atoms with van der Waals surface area (Å²) in [5.74, 6) is 0.0925. The minimum atomic E-state index is -0.786. The number of nitrogens with zero attached hydrogens (tertiary/aromatic N) is 1. The van der Waals surface area contributed by atoms with Gasteiger partial charge in [0.15, 0.2) is 0 Å². The Bertz CT molecular complexity index is 200. The van der Waals surface area contributed by atoms with Gasteiger partial charge in [0.25, 0.3) is 0 Å². The van der Waals surface area contributed by atoms with Crippen LogP contribution in [0.15, 0.2) is 4.99 Å². The van der Waals surface area contributed by atoms with Crippen molar-refractivity contribution in [3.8, 4) is 0 Å². The lowest BCUT2D eigenvalue weighted by atomic mass is 10.1. The lowest BCUT2D eigenvalue weighted by Crippen LogP contribution is -2.20. The molecule has 0 aromatic rings. The summed E-state index contributed by atoms with van der Waals surface area (Å²) < 4.78 is 0. The normalized spacial score (nSPS) is 14.6. The lowest BCUT2D eigenvalue weighted by molar-refractivity contribution is -0.137. The van der Waals surface area contributed by atoms with Crippen molar-refractivity contribution in [3.05, 3.63) is 0 Å². The third-order valence-electron chi connectivity index (χ3n) is 1.70. The summed E-state index contributed by atoms with van der Waals surface area (Å²) >= 11 is 0. The van der Waals surface area contributed by atoms with E-state index in [2.05, 4.69) is 4.99 Å². The monoisotopic (exact) mass is 186 g/mol. The molecule has 0 aliphatic heterocycles. The van der Waals surface area contributed by atoms with Crippen LogP contribution in [0.25, 0.3) is 0 Å². The van der Waals surface area contributed by atoms with E-state index < -0.39 is 5.97 Å². The molecule has 0 saturated heterocycles. The van der Waals surface area contributed by atoms with E-state index in [4.69, 9.17) is 10.8 Å². The second-order valence-corrected chi connectivity index (χ2v) is 3.62. The summed E-state index contributed by atoms with van der Waals surface area (Å²) in [5.41, 5.74) is 5.60. The fraction of sp³-hybridized carbons (Fsp3) is 0.778. The minimum absolute atomic E-state index is 0.0507. The quantitative estimate of drug-likeness (QED) is 0.499. The van der Waals surface area contributed by atoms with Crippen LogP contribution in [0.4, 0.5) is 0 Å². The number of aliphatic carboxylic acids is 1. The highest BCUT2D eigenvalue weighted by atomic mass is 16.4. The molecule has 0 heterocycles. The van der Waals surface area contributed by atoms with Gasteiger partial charge in [0.2, 0.25) is 0 Å². The molecule has 13 heavy (non-hydrogen) atoms. The van der Waals surface area contributed by atoms with E-state index in [-0.39, 0.29) is 18.3 Å². The Balaban J connectivity index is 3.87.